The largest absolute Gasteiger partial charge is 0.481 e. The maximum absolute atomic E-state index is 10.5. The van der Waals surface area contributed by atoms with E-state index in [-0.39, 0.29) is 12.5 Å². The van der Waals surface area contributed by atoms with Crippen molar-refractivity contribution in [1.82, 2.24) is 0 Å². The number of rotatable bonds is 3. The first-order valence-corrected chi connectivity index (χ1v) is 4.07. The molecule has 0 saturated carbocycles. The van der Waals surface area contributed by atoms with Crippen molar-refractivity contribution >= 4 is 18.2 Å². The molecule has 72 valence electrons. The molecule has 2 N–H and O–H groups in total. The fourth-order valence-corrected chi connectivity index (χ4v) is 1.29. The fourth-order valence-electron chi connectivity index (χ4n) is 1.29. The summed E-state index contributed by atoms with van der Waals surface area (Å²) < 4.78 is 0. The van der Waals surface area contributed by atoms with Gasteiger partial charge in [0.2, 0.25) is 0 Å². The maximum Gasteiger partial charge on any atom is 0.311 e. The van der Waals surface area contributed by atoms with Gasteiger partial charge in [-0.05, 0) is 12.8 Å². The zero-order valence-electron chi connectivity index (χ0n) is 7.01. The molecule has 1 heterocycles. The number of hydrogen-bond acceptors (Lipinski definition) is 3. The Morgan fingerprint density at radius 1 is 1.38 bits per heavy atom. The Morgan fingerprint density at radius 2 is 2.08 bits per heavy atom. The van der Waals surface area contributed by atoms with Crippen molar-refractivity contribution in [3.8, 4) is 0 Å². The second-order valence-electron chi connectivity index (χ2n) is 3.07. The molecule has 0 aromatic heterocycles. The number of carboxylic acids is 2. The van der Waals surface area contributed by atoms with Crippen molar-refractivity contribution in [3.05, 3.63) is 0 Å². The highest BCUT2D eigenvalue weighted by Gasteiger charge is 2.23. The molecule has 13 heavy (non-hydrogen) atoms. The summed E-state index contributed by atoms with van der Waals surface area (Å²) in [4.78, 5) is 24.7. The van der Waals surface area contributed by atoms with E-state index in [1.165, 1.54) is 6.21 Å². The van der Waals surface area contributed by atoms with Gasteiger partial charge in [0.25, 0.3) is 0 Å². The van der Waals surface area contributed by atoms with Gasteiger partial charge >= 0.3 is 11.9 Å². The Morgan fingerprint density at radius 3 is 2.46 bits per heavy atom. The normalized spacial score (nSPS) is 27.1. The number of nitrogens with zero attached hydrogens (tertiary/aromatic N) is 1. The SMILES string of the molecule is O=C(O)CC1CC[C@@H](C(=O)O)C=N1. The van der Waals surface area contributed by atoms with Crippen LogP contribution in [0.4, 0.5) is 0 Å². The van der Waals surface area contributed by atoms with E-state index in [0.29, 0.717) is 12.8 Å². The molecule has 0 saturated heterocycles. The van der Waals surface area contributed by atoms with Crippen LogP contribution >= 0.6 is 0 Å². The van der Waals surface area contributed by atoms with Crippen LogP contribution in [-0.4, -0.2) is 34.4 Å². The highest BCUT2D eigenvalue weighted by atomic mass is 16.4. The van der Waals surface area contributed by atoms with Gasteiger partial charge in [0.15, 0.2) is 0 Å². The molecular weight excluding hydrogens is 174 g/mol. The van der Waals surface area contributed by atoms with Crippen LogP contribution in [-0.2, 0) is 9.59 Å². The zero-order chi connectivity index (χ0) is 9.84. The molecule has 0 fully saturated rings. The van der Waals surface area contributed by atoms with Gasteiger partial charge in [0.1, 0.15) is 0 Å². The molecule has 1 rings (SSSR count). The average molecular weight is 185 g/mol. The predicted octanol–water partition coefficient (Wildman–Crippen LogP) is 0.395. The highest BCUT2D eigenvalue weighted by molar-refractivity contribution is 5.89. The molecule has 5 nitrogen and oxygen atoms in total. The third kappa shape index (κ3) is 2.85. The number of hydrogen-bond donors (Lipinski definition) is 2. The molecule has 0 bridgehead atoms. The summed E-state index contributed by atoms with van der Waals surface area (Å²) in [5, 5.41) is 17.0. The van der Waals surface area contributed by atoms with Crippen molar-refractivity contribution in [2.45, 2.75) is 25.3 Å². The molecule has 0 radical (unpaired) electrons. The second kappa shape index (κ2) is 4.02. The minimum absolute atomic E-state index is 0.0111. The van der Waals surface area contributed by atoms with E-state index in [1.54, 1.807) is 0 Å². The molecule has 2 atom stereocenters. The first-order chi connectivity index (χ1) is 6.09. The topological polar surface area (TPSA) is 87.0 Å². The molecular formula is C8H11NO4. The molecule has 0 aliphatic carbocycles. The van der Waals surface area contributed by atoms with E-state index in [2.05, 4.69) is 4.99 Å². The Bertz CT molecular complexity index is 249. The van der Waals surface area contributed by atoms with Gasteiger partial charge in [-0.1, -0.05) is 0 Å². The summed E-state index contributed by atoms with van der Waals surface area (Å²) in [5.41, 5.74) is 0. The summed E-state index contributed by atoms with van der Waals surface area (Å²) in [5.74, 6) is -2.32. The van der Waals surface area contributed by atoms with Crippen LogP contribution in [0.15, 0.2) is 4.99 Å². The summed E-state index contributed by atoms with van der Waals surface area (Å²) in [6, 6.07) is -0.243. The van der Waals surface area contributed by atoms with Crippen molar-refractivity contribution in [2.24, 2.45) is 10.9 Å². The third-order valence-electron chi connectivity index (χ3n) is 2.02. The van der Waals surface area contributed by atoms with E-state index in [4.69, 9.17) is 10.2 Å². The van der Waals surface area contributed by atoms with Crippen LogP contribution < -0.4 is 0 Å². The highest BCUT2D eigenvalue weighted by Crippen LogP contribution is 2.17. The summed E-state index contributed by atoms with van der Waals surface area (Å²) in [6.07, 6.45) is 2.36. The first kappa shape index (κ1) is 9.70. The van der Waals surface area contributed by atoms with E-state index in [1.807, 2.05) is 0 Å². The molecule has 1 aliphatic rings. The van der Waals surface area contributed by atoms with Gasteiger partial charge < -0.3 is 10.2 Å². The van der Waals surface area contributed by atoms with Gasteiger partial charge in [0, 0.05) is 6.21 Å². The van der Waals surface area contributed by atoms with Crippen LogP contribution in [0.5, 0.6) is 0 Å². The van der Waals surface area contributed by atoms with Crippen LogP contribution in [0, 0.1) is 5.92 Å². The minimum Gasteiger partial charge on any atom is -0.481 e. The quantitative estimate of drug-likeness (QED) is 0.666. The van der Waals surface area contributed by atoms with Gasteiger partial charge in [0.05, 0.1) is 18.4 Å². The second-order valence-corrected chi connectivity index (χ2v) is 3.07. The van der Waals surface area contributed by atoms with E-state index in [9.17, 15) is 9.59 Å². The van der Waals surface area contributed by atoms with E-state index in [0.717, 1.165) is 0 Å². The monoisotopic (exact) mass is 185 g/mol. The summed E-state index contributed by atoms with van der Waals surface area (Å²) in [6.45, 7) is 0. The van der Waals surface area contributed by atoms with Crippen molar-refractivity contribution in [1.29, 1.82) is 0 Å². The van der Waals surface area contributed by atoms with Crippen LogP contribution in [0.1, 0.15) is 19.3 Å². The number of aliphatic carboxylic acids is 2. The fraction of sp³-hybridized carbons (Fsp3) is 0.625. The van der Waals surface area contributed by atoms with Gasteiger partial charge in [-0.2, -0.15) is 0 Å². The Hall–Kier alpha value is -1.39. The van der Waals surface area contributed by atoms with Gasteiger partial charge in [-0.15, -0.1) is 0 Å². The lowest BCUT2D eigenvalue weighted by molar-refractivity contribution is -0.139. The molecule has 0 aromatic rings. The number of carboxylic acid groups (broad SMARTS) is 2. The summed E-state index contributed by atoms with van der Waals surface area (Å²) in [7, 11) is 0. The predicted molar refractivity (Wildman–Crippen MR) is 44.9 cm³/mol. The lowest BCUT2D eigenvalue weighted by Crippen LogP contribution is -2.24. The molecule has 0 spiro atoms. The van der Waals surface area contributed by atoms with Gasteiger partial charge in [-0.25, -0.2) is 0 Å². The van der Waals surface area contributed by atoms with Crippen molar-refractivity contribution in [2.75, 3.05) is 0 Å². The van der Waals surface area contributed by atoms with Crippen LogP contribution in [0.2, 0.25) is 0 Å². The lowest BCUT2D eigenvalue weighted by Gasteiger charge is -2.17. The molecule has 0 aromatic carbocycles. The molecule has 0 amide bonds. The number of aliphatic imine (C=N–C) groups is 1. The maximum atomic E-state index is 10.5. The summed E-state index contributed by atoms with van der Waals surface area (Å²) >= 11 is 0. The van der Waals surface area contributed by atoms with Crippen molar-refractivity contribution in [3.63, 3.8) is 0 Å². The standard InChI is InChI=1S/C8H11NO4/c10-7(11)3-6-2-1-5(4-9-6)8(12)13/h4-6H,1-3H2,(H,10,11)(H,12,13)/t5-,6?/m1/s1. The smallest absolute Gasteiger partial charge is 0.311 e. The Balaban J connectivity index is 2.47. The minimum atomic E-state index is -0.893. The molecule has 5 heteroatoms. The Kier molecular flexibility index (Phi) is 3.00. The average Bonchev–Trinajstić information content (AvgIpc) is 2.04. The van der Waals surface area contributed by atoms with Crippen molar-refractivity contribution < 1.29 is 19.8 Å². The van der Waals surface area contributed by atoms with Crippen LogP contribution in [0.25, 0.3) is 0 Å². The number of carbonyl (C=O) groups is 2. The van der Waals surface area contributed by atoms with E-state index < -0.39 is 17.9 Å². The zero-order valence-corrected chi connectivity index (χ0v) is 7.01. The van der Waals surface area contributed by atoms with Gasteiger partial charge in [-0.3, -0.25) is 14.6 Å². The van der Waals surface area contributed by atoms with Crippen LogP contribution in [0.3, 0.4) is 0 Å². The Labute approximate surface area is 75.1 Å². The lowest BCUT2D eigenvalue weighted by atomic mass is 9.96. The molecule has 1 unspecified atom stereocenters. The first-order valence-electron chi connectivity index (χ1n) is 4.07. The molecule has 1 aliphatic heterocycles. The van der Waals surface area contributed by atoms with E-state index >= 15 is 0 Å². The third-order valence-corrected chi connectivity index (χ3v) is 2.02.